The zero-order valence-electron chi connectivity index (χ0n) is 10.8. The van der Waals surface area contributed by atoms with Gasteiger partial charge in [-0.25, -0.2) is 4.98 Å². The number of nitrogens with one attached hydrogen (secondary N) is 1. The quantitative estimate of drug-likeness (QED) is 0.571. The van der Waals surface area contributed by atoms with Gasteiger partial charge in [-0.1, -0.05) is 0 Å². The number of aromatic hydroxyl groups is 1. The summed E-state index contributed by atoms with van der Waals surface area (Å²) in [7, 11) is 0. The van der Waals surface area contributed by atoms with Crippen LogP contribution in [0.3, 0.4) is 0 Å². The summed E-state index contributed by atoms with van der Waals surface area (Å²) in [6, 6.07) is 6.37. The molecule has 0 spiro atoms. The zero-order valence-corrected chi connectivity index (χ0v) is 12.4. The van der Waals surface area contributed by atoms with Crippen LogP contribution in [0.15, 0.2) is 34.9 Å². The molecule has 1 aliphatic rings. The summed E-state index contributed by atoms with van der Waals surface area (Å²) in [5.74, 6) is 0.988. The SMILES string of the molecule is N=C(N)OC[C@H]1c2cc(O)ccc2Oc2ncc(Br)cc21. The predicted octanol–water partition coefficient (Wildman–Crippen LogP) is 2.70. The highest BCUT2D eigenvalue weighted by molar-refractivity contribution is 9.10. The highest BCUT2D eigenvalue weighted by Crippen LogP contribution is 2.44. The van der Waals surface area contributed by atoms with Gasteiger partial charge in [0.15, 0.2) is 0 Å². The van der Waals surface area contributed by atoms with E-state index in [0.29, 0.717) is 11.6 Å². The van der Waals surface area contributed by atoms with Crippen molar-refractivity contribution in [2.45, 2.75) is 5.92 Å². The second-order valence-electron chi connectivity index (χ2n) is 4.60. The summed E-state index contributed by atoms with van der Waals surface area (Å²) < 4.78 is 11.7. The Morgan fingerprint density at radius 2 is 2.24 bits per heavy atom. The van der Waals surface area contributed by atoms with E-state index < -0.39 is 0 Å². The number of pyridine rings is 1. The third kappa shape index (κ3) is 2.64. The number of aromatic nitrogens is 1. The monoisotopic (exact) mass is 349 g/mol. The van der Waals surface area contributed by atoms with Gasteiger partial charge in [0.25, 0.3) is 6.02 Å². The molecule has 108 valence electrons. The fourth-order valence-corrected chi connectivity index (χ4v) is 2.65. The molecule has 0 saturated heterocycles. The van der Waals surface area contributed by atoms with E-state index in [0.717, 1.165) is 15.6 Å². The first-order valence-electron chi connectivity index (χ1n) is 6.17. The van der Waals surface area contributed by atoms with E-state index in [2.05, 4.69) is 20.9 Å². The van der Waals surface area contributed by atoms with Gasteiger partial charge in [-0.3, -0.25) is 5.41 Å². The van der Waals surface area contributed by atoms with Crippen molar-refractivity contribution >= 4 is 22.0 Å². The third-order valence-electron chi connectivity index (χ3n) is 3.20. The number of benzene rings is 1. The van der Waals surface area contributed by atoms with E-state index in [1.54, 1.807) is 24.4 Å². The highest BCUT2D eigenvalue weighted by Gasteiger charge is 2.29. The van der Waals surface area contributed by atoms with Gasteiger partial charge in [-0.15, -0.1) is 0 Å². The molecule has 1 aromatic carbocycles. The molecule has 2 heterocycles. The first-order valence-corrected chi connectivity index (χ1v) is 6.97. The molecule has 0 radical (unpaired) electrons. The predicted molar refractivity (Wildman–Crippen MR) is 79.8 cm³/mol. The van der Waals surface area contributed by atoms with Gasteiger partial charge in [0.2, 0.25) is 5.88 Å². The summed E-state index contributed by atoms with van der Waals surface area (Å²) in [4.78, 5) is 4.25. The molecular weight excluding hydrogens is 338 g/mol. The lowest BCUT2D eigenvalue weighted by molar-refractivity contribution is 0.272. The molecule has 3 rings (SSSR count). The van der Waals surface area contributed by atoms with Crippen molar-refractivity contribution in [2.24, 2.45) is 5.73 Å². The van der Waals surface area contributed by atoms with Crippen LogP contribution in [0, 0.1) is 5.41 Å². The van der Waals surface area contributed by atoms with Crippen molar-refractivity contribution in [1.29, 1.82) is 5.41 Å². The van der Waals surface area contributed by atoms with E-state index in [4.69, 9.17) is 20.6 Å². The Labute approximate surface area is 129 Å². The summed E-state index contributed by atoms with van der Waals surface area (Å²) in [5.41, 5.74) is 6.84. The average molecular weight is 350 g/mol. The molecular formula is C14H12BrN3O3. The Morgan fingerprint density at radius 1 is 1.43 bits per heavy atom. The molecule has 0 aliphatic carbocycles. The summed E-state index contributed by atoms with van der Waals surface area (Å²) in [6.45, 7) is 0.167. The van der Waals surface area contributed by atoms with Crippen molar-refractivity contribution < 1.29 is 14.6 Å². The van der Waals surface area contributed by atoms with Crippen LogP contribution in [-0.2, 0) is 4.74 Å². The van der Waals surface area contributed by atoms with E-state index in [-0.39, 0.29) is 24.3 Å². The fraction of sp³-hybridized carbons (Fsp3) is 0.143. The van der Waals surface area contributed by atoms with Crippen LogP contribution >= 0.6 is 15.9 Å². The summed E-state index contributed by atoms with van der Waals surface area (Å²) in [6.07, 6.45) is 1.65. The van der Waals surface area contributed by atoms with Crippen molar-refractivity contribution in [3.8, 4) is 17.4 Å². The first-order chi connectivity index (χ1) is 10.0. The third-order valence-corrected chi connectivity index (χ3v) is 3.64. The Morgan fingerprint density at radius 3 is 3.00 bits per heavy atom. The van der Waals surface area contributed by atoms with Gasteiger partial charge in [0, 0.05) is 21.8 Å². The molecule has 4 N–H and O–H groups in total. The number of nitrogens with two attached hydrogens (primary N) is 1. The number of halogens is 1. The number of phenols is 1. The lowest BCUT2D eigenvalue weighted by atomic mass is 9.90. The molecule has 0 fully saturated rings. The Hall–Kier alpha value is -2.28. The number of rotatable bonds is 2. The maximum Gasteiger partial charge on any atom is 0.279 e. The van der Waals surface area contributed by atoms with Crippen LogP contribution in [0.1, 0.15) is 17.0 Å². The van der Waals surface area contributed by atoms with Crippen LogP contribution in [-0.4, -0.2) is 22.7 Å². The molecule has 0 unspecified atom stereocenters. The minimum atomic E-state index is -0.354. The molecule has 1 aliphatic heterocycles. The van der Waals surface area contributed by atoms with Crippen LogP contribution in [0.5, 0.6) is 17.4 Å². The minimum Gasteiger partial charge on any atom is -0.508 e. The maximum atomic E-state index is 9.70. The minimum absolute atomic E-state index is 0.136. The number of hydrogen-bond acceptors (Lipinski definition) is 5. The molecule has 0 bridgehead atoms. The number of nitrogens with zero attached hydrogens (tertiary/aromatic N) is 1. The molecule has 0 saturated carbocycles. The van der Waals surface area contributed by atoms with Crippen LogP contribution < -0.4 is 10.5 Å². The standard InChI is InChI=1S/C14H12BrN3O3/c15-7-3-10-11(6-20-14(16)17)9-4-8(19)1-2-12(9)21-13(10)18-5-7/h1-5,11,19H,6H2,(H3,16,17)/t11-/m0/s1. The second-order valence-corrected chi connectivity index (χ2v) is 5.52. The van der Waals surface area contributed by atoms with Gasteiger partial charge in [0.05, 0.1) is 5.92 Å². The number of ether oxygens (including phenoxy) is 2. The largest absolute Gasteiger partial charge is 0.508 e. The van der Waals surface area contributed by atoms with Crippen molar-refractivity contribution in [2.75, 3.05) is 6.61 Å². The fourth-order valence-electron chi connectivity index (χ4n) is 2.30. The normalized spacial score (nSPS) is 15.6. The summed E-state index contributed by atoms with van der Waals surface area (Å²) >= 11 is 3.38. The van der Waals surface area contributed by atoms with Crippen LogP contribution in [0.2, 0.25) is 0 Å². The first kappa shape index (κ1) is 13.7. The molecule has 7 heteroatoms. The Balaban J connectivity index is 2.09. The molecule has 2 aromatic rings. The van der Waals surface area contributed by atoms with Gasteiger partial charge in [-0.05, 0) is 40.2 Å². The van der Waals surface area contributed by atoms with Crippen LogP contribution in [0.25, 0.3) is 0 Å². The van der Waals surface area contributed by atoms with E-state index in [1.807, 2.05) is 6.07 Å². The van der Waals surface area contributed by atoms with Crippen molar-refractivity contribution in [3.05, 3.63) is 46.1 Å². The molecule has 6 nitrogen and oxygen atoms in total. The van der Waals surface area contributed by atoms with Crippen molar-refractivity contribution in [3.63, 3.8) is 0 Å². The van der Waals surface area contributed by atoms with Crippen molar-refractivity contribution in [1.82, 2.24) is 4.98 Å². The van der Waals surface area contributed by atoms with Gasteiger partial charge in [-0.2, -0.15) is 0 Å². The average Bonchev–Trinajstić information content (AvgIpc) is 2.44. The number of amidine groups is 1. The molecule has 1 atom stereocenters. The van der Waals surface area contributed by atoms with E-state index in [1.165, 1.54) is 0 Å². The van der Waals surface area contributed by atoms with E-state index in [9.17, 15) is 5.11 Å². The number of hydrogen-bond donors (Lipinski definition) is 3. The summed E-state index contributed by atoms with van der Waals surface area (Å²) in [5, 5.41) is 16.9. The van der Waals surface area contributed by atoms with Gasteiger partial charge in [0.1, 0.15) is 18.1 Å². The molecule has 1 aromatic heterocycles. The maximum absolute atomic E-state index is 9.70. The lowest BCUT2D eigenvalue weighted by Crippen LogP contribution is -2.21. The lowest BCUT2D eigenvalue weighted by Gasteiger charge is -2.27. The van der Waals surface area contributed by atoms with E-state index >= 15 is 0 Å². The molecule has 0 amide bonds. The van der Waals surface area contributed by atoms with Gasteiger partial charge < -0.3 is 20.3 Å². The number of fused-ring (bicyclic) bond motifs is 2. The second kappa shape index (κ2) is 5.25. The topological polar surface area (TPSA) is 101 Å². The van der Waals surface area contributed by atoms with Gasteiger partial charge >= 0.3 is 0 Å². The number of phenolic OH excluding ortho intramolecular Hbond substituents is 1. The Bertz CT molecular complexity index is 669. The Kier molecular flexibility index (Phi) is 3.42. The molecule has 21 heavy (non-hydrogen) atoms. The smallest absolute Gasteiger partial charge is 0.279 e. The zero-order chi connectivity index (χ0) is 15.0. The highest BCUT2D eigenvalue weighted by atomic mass is 79.9. The van der Waals surface area contributed by atoms with Crippen LogP contribution in [0.4, 0.5) is 0 Å².